The van der Waals surface area contributed by atoms with Crippen LogP contribution in [0, 0.1) is 0 Å². The van der Waals surface area contributed by atoms with Gasteiger partial charge in [-0.05, 0) is 17.5 Å². The standard InChI is InChI=1S/C9H12N2O/c1-6(2)7-4-3-5-11-8(7)9(10)12/h3-6H,1-2H3,(H2,10,12). The summed E-state index contributed by atoms with van der Waals surface area (Å²) in [5.41, 5.74) is 6.44. The minimum absolute atomic E-state index is 0.279. The fourth-order valence-corrected chi connectivity index (χ4v) is 1.09. The zero-order chi connectivity index (χ0) is 9.14. The molecule has 1 aromatic rings. The Morgan fingerprint density at radius 1 is 1.58 bits per heavy atom. The van der Waals surface area contributed by atoms with Crippen LogP contribution in [0.2, 0.25) is 0 Å². The fourth-order valence-electron chi connectivity index (χ4n) is 1.09. The smallest absolute Gasteiger partial charge is 0.267 e. The molecule has 0 unspecified atom stereocenters. The molecule has 0 aromatic carbocycles. The monoisotopic (exact) mass is 164 g/mol. The number of rotatable bonds is 2. The van der Waals surface area contributed by atoms with Gasteiger partial charge in [-0.3, -0.25) is 9.78 Å². The highest BCUT2D eigenvalue weighted by Gasteiger charge is 2.10. The zero-order valence-corrected chi connectivity index (χ0v) is 7.24. The van der Waals surface area contributed by atoms with Crippen molar-refractivity contribution >= 4 is 5.91 Å². The quantitative estimate of drug-likeness (QED) is 0.716. The van der Waals surface area contributed by atoms with Crippen LogP contribution < -0.4 is 5.73 Å². The minimum Gasteiger partial charge on any atom is -0.364 e. The lowest BCUT2D eigenvalue weighted by atomic mass is 10.0. The van der Waals surface area contributed by atoms with Crippen LogP contribution in [0.3, 0.4) is 0 Å². The Kier molecular flexibility index (Phi) is 2.43. The first kappa shape index (κ1) is 8.71. The second kappa shape index (κ2) is 3.34. The summed E-state index contributed by atoms with van der Waals surface area (Å²) in [6, 6.07) is 3.68. The number of amides is 1. The summed E-state index contributed by atoms with van der Waals surface area (Å²) in [4.78, 5) is 14.8. The summed E-state index contributed by atoms with van der Waals surface area (Å²) in [6.45, 7) is 4.01. The van der Waals surface area contributed by atoms with E-state index in [9.17, 15) is 4.79 Å². The van der Waals surface area contributed by atoms with Gasteiger partial charge in [-0.25, -0.2) is 0 Å². The zero-order valence-electron chi connectivity index (χ0n) is 7.24. The largest absolute Gasteiger partial charge is 0.364 e. The van der Waals surface area contributed by atoms with Gasteiger partial charge in [0, 0.05) is 6.20 Å². The second-order valence-electron chi connectivity index (χ2n) is 2.96. The lowest BCUT2D eigenvalue weighted by molar-refractivity contribution is 0.0994. The molecule has 1 amide bonds. The normalized spacial score (nSPS) is 10.2. The van der Waals surface area contributed by atoms with E-state index in [2.05, 4.69) is 4.98 Å². The Morgan fingerprint density at radius 2 is 2.25 bits per heavy atom. The van der Waals surface area contributed by atoms with Crippen molar-refractivity contribution in [2.24, 2.45) is 5.73 Å². The summed E-state index contributed by atoms with van der Waals surface area (Å²) in [7, 11) is 0. The first-order valence-electron chi connectivity index (χ1n) is 3.87. The highest BCUT2D eigenvalue weighted by molar-refractivity contribution is 5.92. The molecular weight excluding hydrogens is 152 g/mol. The lowest BCUT2D eigenvalue weighted by Gasteiger charge is -2.07. The molecule has 1 rings (SSSR count). The molecule has 1 aromatic heterocycles. The van der Waals surface area contributed by atoms with Gasteiger partial charge >= 0.3 is 0 Å². The Hall–Kier alpha value is -1.38. The molecule has 0 fully saturated rings. The number of pyridine rings is 1. The molecule has 0 saturated heterocycles. The molecule has 0 aliphatic heterocycles. The molecule has 3 heteroatoms. The highest BCUT2D eigenvalue weighted by atomic mass is 16.1. The molecule has 0 bridgehead atoms. The van der Waals surface area contributed by atoms with Crippen molar-refractivity contribution in [1.29, 1.82) is 0 Å². The van der Waals surface area contributed by atoms with Crippen LogP contribution in [0.5, 0.6) is 0 Å². The van der Waals surface area contributed by atoms with E-state index in [0.29, 0.717) is 5.69 Å². The van der Waals surface area contributed by atoms with E-state index in [1.54, 1.807) is 6.20 Å². The van der Waals surface area contributed by atoms with Crippen molar-refractivity contribution in [1.82, 2.24) is 4.98 Å². The third-order valence-corrected chi connectivity index (χ3v) is 1.69. The highest BCUT2D eigenvalue weighted by Crippen LogP contribution is 2.16. The molecule has 3 nitrogen and oxygen atoms in total. The van der Waals surface area contributed by atoms with E-state index in [1.807, 2.05) is 26.0 Å². The van der Waals surface area contributed by atoms with Gasteiger partial charge in [-0.15, -0.1) is 0 Å². The summed E-state index contributed by atoms with van der Waals surface area (Å²) in [6.07, 6.45) is 1.58. The molecule has 1 heterocycles. The predicted molar refractivity (Wildman–Crippen MR) is 46.8 cm³/mol. The van der Waals surface area contributed by atoms with Crippen LogP contribution in [0.4, 0.5) is 0 Å². The van der Waals surface area contributed by atoms with Crippen molar-refractivity contribution < 1.29 is 4.79 Å². The maximum Gasteiger partial charge on any atom is 0.267 e. The average Bonchev–Trinajstić information content (AvgIpc) is 2.04. The molecular formula is C9H12N2O. The van der Waals surface area contributed by atoms with E-state index in [4.69, 9.17) is 5.73 Å². The van der Waals surface area contributed by atoms with Crippen molar-refractivity contribution in [2.75, 3.05) is 0 Å². The maximum absolute atomic E-state index is 10.9. The average molecular weight is 164 g/mol. The lowest BCUT2D eigenvalue weighted by Crippen LogP contribution is -2.16. The third kappa shape index (κ3) is 1.61. The predicted octanol–water partition coefficient (Wildman–Crippen LogP) is 1.30. The molecule has 0 radical (unpaired) electrons. The van der Waals surface area contributed by atoms with Crippen molar-refractivity contribution in [3.63, 3.8) is 0 Å². The molecule has 0 aliphatic rings. The first-order valence-corrected chi connectivity index (χ1v) is 3.87. The molecule has 64 valence electrons. The van der Waals surface area contributed by atoms with Crippen LogP contribution in [-0.4, -0.2) is 10.9 Å². The number of primary amides is 1. The van der Waals surface area contributed by atoms with Crippen LogP contribution in [0.25, 0.3) is 0 Å². The van der Waals surface area contributed by atoms with Crippen molar-refractivity contribution in [3.8, 4) is 0 Å². The van der Waals surface area contributed by atoms with E-state index in [1.165, 1.54) is 0 Å². The number of carbonyl (C=O) groups is 1. The van der Waals surface area contributed by atoms with Gasteiger partial charge < -0.3 is 5.73 Å². The molecule has 0 saturated carbocycles. The number of nitrogens with two attached hydrogens (primary N) is 1. The minimum atomic E-state index is -0.459. The summed E-state index contributed by atoms with van der Waals surface area (Å²) in [5.74, 6) is -0.180. The Balaban J connectivity index is 3.17. The Morgan fingerprint density at radius 3 is 2.67 bits per heavy atom. The topological polar surface area (TPSA) is 56.0 Å². The van der Waals surface area contributed by atoms with Crippen LogP contribution in [0.1, 0.15) is 35.8 Å². The van der Waals surface area contributed by atoms with Gasteiger partial charge in [-0.2, -0.15) is 0 Å². The van der Waals surface area contributed by atoms with Gasteiger partial charge in [0.2, 0.25) is 0 Å². The molecule has 0 atom stereocenters. The number of hydrogen-bond acceptors (Lipinski definition) is 2. The van der Waals surface area contributed by atoms with Gasteiger partial charge in [-0.1, -0.05) is 19.9 Å². The Bertz CT molecular complexity index is 294. The Labute approximate surface area is 71.6 Å². The number of hydrogen-bond donors (Lipinski definition) is 1. The van der Waals surface area contributed by atoms with Crippen LogP contribution >= 0.6 is 0 Å². The molecule has 0 spiro atoms. The first-order chi connectivity index (χ1) is 5.63. The summed E-state index contributed by atoms with van der Waals surface area (Å²) in [5, 5.41) is 0. The molecule has 12 heavy (non-hydrogen) atoms. The van der Waals surface area contributed by atoms with Crippen molar-refractivity contribution in [2.45, 2.75) is 19.8 Å². The van der Waals surface area contributed by atoms with Gasteiger partial charge in [0.05, 0.1) is 0 Å². The van der Waals surface area contributed by atoms with Gasteiger partial charge in [0.15, 0.2) is 0 Å². The van der Waals surface area contributed by atoms with E-state index in [0.717, 1.165) is 5.56 Å². The molecule has 2 N–H and O–H groups in total. The van der Waals surface area contributed by atoms with E-state index in [-0.39, 0.29) is 5.92 Å². The second-order valence-corrected chi connectivity index (χ2v) is 2.96. The number of carbonyl (C=O) groups excluding carboxylic acids is 1. The maximum atomic E-state index is 10.9. The van der Waals surface area contributed by atoms with E-state index < -0.39 is 5.91 Å². The number of aromatic nitrogens is 1. The van der Waals surface area contributed by atoms with Crippen molar-refractivity contribution in [3.05, 3.63) is 29.6 Å². The van der Waals surface area contributed by atoms with Gasteiger partial charge in [0.25, 0.3) is 5.91 Å². The summed E-state index contributed by atoms with van der Waals surface area (Å²) >= 11 is 0. The van der Waals surface area contributed by atoms with Crippen LogP contribution in [-0.2, 0) is 0 Å². The SMILES string of the molecule is CC(C)c1cccnc1C(N)=O. The third-order valence-electron chi connectivity index (χ3n) is 1.69. The van der Waals surface area contributed by atoms with Crippen LogP contribution in [0.15, 0.2) is 18.3 Å². The summed E-state index contributed by atoms with van der Waals surface area (Å²) < 4.78 is 0. The van der Waals surface area contributed by atoms with Gasteiger partial charge in [0.1, 0.15) is 5.69 Å². The fraction of sp³-hybridized carbons (Fsp3) is 0.333. The number of nitrogens with zero attached hydrogens (tertiary/aromatic N) is 1. The molecule has 0 aliphatic carbocycles. The van der Waals surface area contributed by atoms with E-state index >= 15 is 0 Å².